The lowest BCUT2D eigenvalue weighted by Crippen LogP contribution is -2.43. The van der Waals surface area contributed by atoms with Crippen LogP contribution in [0.15, 0.2) is 18.2 Å². The van der Waals surface area contributed by atoms with E-state index in [1.807, 2.05) is 0 Å². The second-order valence-corrected chi connectivity index (χ2v) is 7.67. The summed E-state index contributed by atoms with van der Waals surface area (Å²) in [5, 5.41) is 7.28. The van der Waals surface area contributed by atoms with Crippen molar-refractivity contribution in [2.75, 3.05) is 23.4 Å². The highest BCUT2D eigenvalue weighted by Crippen LogP contribution is 2.13. The van der Waals surface area contributed by atoms with Gasteiger partial charge in [-0.3, -0.25) is 4.79 Å². The summed E-state index contributed by atoms with van der Waals surface area (Å²) >= 11 is 0. The predicted octanol–water partition coefficient (Wildman–Crippen LogP) is 0.559. The lowest BCUT2D eigenvalue weighted by molar-refractivity contribution is -0.120. The Kier molecular flexibility index (Phi) is 5.19. The molecule has 1 fully saturated rings. The van der Waals surface area contributed by atoms with Gasteiger partial charge in [0.25, 0.3) is 0 Å². The highest BCUT2D eigenvalue weighted by atomic mass is 32.2. The van der Waals surface area contributed by atoms with Crippen molar-refractivity contribution in [3.63, 3.8) is 0 Å². The van der Waals surface area contributed by atoms with Crippen LogP contribution < -0.4 is 16.0 Å². The minimum atomic E-state index is -3.07. The van der Waals surface area contributed by atoms with Gasteiger partial charge in [-0.05, 0) is 31.0 Å². The summed E-state index contributed by atoms with van der Waals surface area (Å²) in [6.45, 7) is 1.31. The number of carbonyl (C=O) groups excluding carboxylic acids is 2. The van der Waals surface area contributed by atoms with Gasteiger partial charge in [0.1, 0.15) is 5.82 Å². The zero-order valence-corrected chi connectivity index (χ0v) is 13.4. The number of rotatable bonds is 4. The maximum atomic E-state index is 13.3. The number of hydrogen-bond donors (Lipinski definition) is 3. The molecule has 0 aliphatic carbocycles. The van der Waals surface area contributed by atoms with E-state index in [1.54, 1.807) is 13.0 Å². The van der Waals surface area contributed by atoms with Crippen molar-refractivity contribution in [2.45, 2.75) is 19.4 Å². The summed E-state index contributed by atoms with van der Waals surface area (Å²) in [5.41, 5.74) is 0.731. The topological polar surface area (TPSA) is 104 Å². The van der Waals surface area contributed by atoms with Crippen molar-refractivity contribution in [3.05, 3.63) is 29.6 Å². The molecule has 0 spiro atoms. The first-order valence-electron chi connectivity index (χ1n) is 7.06. The molecule has 3 amide bonds. The molecule has 1 atom stereocenters. The molecule has 2 rings (SSSR count). The summed E-state index contributed by atoms with van der Waals surface area (Å²) in [5.74, 6) is -0.932. The first-order valence-corrected chi connectivity index (χ1v) is 8.88. The van der Waals surface area contributed by atoms with Gasteiger partial charge >= 0.3 is 6.03 Å². The van der Waals surface area contributed by atoms with Crippen molar-refractivity contribution in [3.8, 4) is 0 Å². The molecule has 3 N–H and O–H groups in total. The fraction of sp³-hybridized carbons (Fsp3) is 0.429. The minimum Gasteiger partial charge on any atom is -0.351 e. The predicted molar refractivity (Wildman–Crippen MR) is 83.4 cm³/mol. The number of halogens is 1. The number of carbonyl (C=O) groups is 2. The van der Waals surface area contributed by atoms with Gasteiger partial charge in [-0.2, -0.15) is 0 Å². The number of anilines is 1. The maximum Gasteiger partial charge on any atom is 0.319 e. The van der Waals surface area contributed by atoms with Crippen LogP contribution in [0.3, 0.4) is 0 Å². The number of sulfone groups is 1. The standard InChI is InChI=1S/C14H18FN3O4S/c1-9-2-3-10(6-12(9)15)18-14(20)16-7-13(19)17-11-4-5-23(21,22)8-11/h2-3,6,11H,4-5,7-8H2,1H3,(H,17,19)(H2,16,18,20). The van der Waals surface area contributed by atoms with E-state index < -0.39 is 33.6 Å². The zero-order chi connectivity index (χ0) is 17.0. The molecule has 0 bridgehead atoms. The lowest BCUT2D eigenvalue weighted by atomic mass is 10.2. The Morgan fingerprint density at radius 1 is 1.35 bits per heavy atom. The van der Waals surface area contributed by atoms with Crippen LogP contribution >= 0.6 is 0 Å². The number of benzene rings is 1. The molecule has 1 aliphatic rings. The number of urea groups is 1. The third kappa shape index (κ3) is 5.20. The normalized spacial score (nSPS) is 19.1. The Morgan fingerprint density at radius 2 is 2.09 bits per heavy atom. The summed E-state index contributed by atoms with van der Waals surface area (Å²) in [4.78, 5) is 23.3. The van der Waals surface area contributed by atoms with Crippen LogP contribution in [-0.2, 0) is 14.6 Å². The van der Waals surface area contributed by atoms with Crippen LogP contribution in [0, 0.1) is 12.7 Å². The second kappa shape index (κ2) is 6.95. The third-order valence-corrected chi connectivity index (χ3v) is 5.20. The largest absolute Gasteiger partial charge is 0.351 e. The first-order chi connectivity index (χ1) is 10.7. The molecule has 9 heteroatoms. The smallest absolute Gasteiger partial charge is 0.319 e. The molecule has 1 saturated heterocycles. The average Bonchev–Trinajstić information content (AvgIpc) is 2.80. The van der Waals surface area contributed by atoms with Gasteiger partial charge in [0.15, 0.2) is 9.84 Å². The summed E-state index contributed by atoms with van der Waals surface area (Å²) in [7, 11) is -3.07. The zero-order valence-electron chi connectivity index (χ0n) is 12.6. The molecule has 0 aromatic heterocycles. The monoisotopic (exact) mass is 343 g/mol. The Hall–Kier alpha value is -2.16. The summed E-state index contributed by atoms with van der Waals surface area (Å²) < 4.78 is 35.9. The molecular weight excluding hydrogens is 325 g/mol. The van der Waals surface area contributed by atoms with Gasteiger partial charge in [-0.15, -0.1) is 0 Å². The Bertz CT molecular complexity index is 721. The van der Waals surface area contributed by atoms with Crippen LogP contribution in [0.4, 0.5) is 14.9 Å². The quantitative estimate of drug-likeness (QED) is 0.743. The van der Waals surface area contributed by atoms with Crippen molar-refractivity contribution in [2.24, 2.45) is 0 Å². The van der Waals surface area contributed by atoms with Gasteiger partial charge in [-0.1, -0.05) is 6.07 Å². The third-order valence-electron chi connectivity index (χ3n) is 3.44. The van der Waals surface area contributed by atoms with Crippen LogP contribution in [0.1, 0.15) is 12.0 Å². The van der Waals surface area contributed by atoms with E-state index in [-0.39, 0.29) is 23.7 Å². The molecule has 1 aliphatic heterocycles. The number of hydrogen-bond acceptors (Lipinski definition) is 4. The molecule has 1 aromatic carbocycles. The Morgan fingerprint density at radius 3 is 2.70 bits per heavy atom. The van der Waals surface area contributed by atoms with Crippen LogP contribution in [-0.4, -0.2) is 44.4 Å². The fourth-order valence-electron chi connectivity index (χ4n) is 2.19. The van der Waals surface area contributed by atoms with Crippen LogP contribution in [0.5, 0.6) is 0 Å². The minimum absolute atomic E-state index is 0.0604. The Balaban J connectivity index is 1.75. The molecule has 0 radical (unpaired) electrons. The van der Waals surface area contributed by atoms with Crippen molar-refractivity contribution in [1.29, 1.82) is 0 Å². The molecule has 126 valence electrons. The van der Waals surface area contributed by atoms with Crippen LogP contribution in [0.2, 0.25) is 0 Å². The molecule has 1 heterocycles. The highest BCUT2D eigenvalue weighted by Gasteiger charge is 2.28. The SMILES string of the molecule is Cc1ccc(NC(=O)NCC(=O)NC2CCS(=O)(=O)C2)cc1F. The molecule has 1 unspecified atom stereocenters. The summed E-state index contributed by atoms with van der Waals surface area (Å²) in [6.07, 6.45) is 0.378. The fourth-order valence-corrected chi connectivity index (χ4v) is 3.87. The van der Waals surface area contributed by atoms with Gasteiger partial charge in [0.2, 0.25) is 5.91 Å². The first kappa shape index (κ1) is 17.2. The number of aryl methyl sites for hydroxylation is 1. The molecule has 23 heavy (non-hydrogen) atoms. The maximum absolute atomic E-state index is 13.3. The van der Waals surface area contributed by atoms with Crippen molar-refractivity contribution in [1.82, 2.24) is 10.6 Å². The highest BCUT2D eigenvalue weighted by molar-refractivity contribution is 7.91. The van der Waals surface area contributed by atoms with E-state index in [2.05, 4.69) is 16.0 Å². The van der Waals surface area contributed by atoms with E-state index in [1.165, 1.54) is 12.1 Å². The van der Waals surface area contributed by atoms with Gasteiger partial charge in [0, 0.05) is 11.7 Å². The van der Waals surface area contributed by atoms with Gasteiger partial charge in [-0.25, -0.2) is 17.6 Å². The van der Waals surface area contributed by atoms with E-state index in [4.69, 9.17) is 0 Å². The molecule has 0 saturated carbocycles. The van der Waals surface area contributed by atoms with Gasteiger partial charge < -0.3 is 16.0 Å². The summed E-state index contributed by atoms with van der Waals surface area (Å²) in [6, 6.07) is 3.18. The van der Waals surface area contributed by atoms with E-state index in [0.717, 1.165) is 0 Å². The molecule has 7 nitrogen and oxygen atoms in total. The molecule has 1 aromatic rings. The number of amides is 3. The number of nitrogens with one attached hydrogen (secondary N) is 3. The lowest BCUT2D eigenvalue weighted by Gasteiger charge is -2.12. The van der Waals surface area contributed by atoms with E-state index >= 15 is 0 Å². The van der Waals surface area contributed by atoms with Crippen molar-refractivity contribution >= 4 is 27.5 Å². The average molecular weight is 343 g/mol. The van der Waals surface area contributed by atoms with Crippen LogP contribution in [0.25, 0.3) is 0 Å². The van der Waals surface area contributed by atoms with E-state index in [9.17, 15) is 22.4 Å². The van der Waals surface area contributed by atoms with Gasteiger partial charge in [0.05, 0.1) is 18.1 Å². The Labute approximate surface area is 133 Å². The van der Waals surface area contributed by atoms with E-state index in [0.29, 0.717) is 12.0 Å². The second-order valence-electron chi connectivity index (χ2n) is 5.44. The van der Waals surface area contributed by atoms with Crippen molar-refractivity contribution < 1.29 is 22.4 Å². The molecular formula is C14H18FN3O4S.